The molecule has 0 radical (unpaired) electrons. The van der Waals surface area contributed by atoms with Crippen LogP contribution in [-0.4, -0.2) is 13.0 Å². The maximum Gasteiger partial charge on any atom is 0.261 e. The lowest BCUT2D eigenvalue weighted by atomic mass is 10.3. The molecular weight excluding hydrogens is 116 g/mol. The van der Waals surface area contributed by atoms with Crippen LogP contribution in [0, 0.1) is 11.3 Å². The number of hydrogen-bond donors (Lipinski definition) is 1. The molecule has 9 heavy (non-hydrogen) atoms. The number of nitriles is 1. The number of hydrogen-bond acceptors (Lipinski definition) is 2. The Labute approximate surface area is 54.0 Å². The van der Waals surface area contributed by atoms with E-state index in [9.17, 15) is 4.79 Å². The largest absolute Gasteiger partial charge is 0.355 e. The van der Waals surface area contributed by atoms with Crippen LogP contribution in [0.25, 0.3) is 0 Å². The van der Waals surface area contributed by atoms with E-state index in [2.05, 4.69) is 5.32 Å². The quantitative estimate of drug-likeness (QED) is 0.401. The average Bonchev–Trinajstić information content (AvgIpc) is 1.90. The molecule has 1 N–H and O–H groups in total. The third-order valence-corrected chi connectivity index (χ3v) is 0.881. The second kappa shape index (κ2) is 3.67. The lowest BCUT2D eigenvalue weighted by Gasteiger charge is -1.91. The zero-order valence-electron chi connectivity index (χ0n) is 5.43. The van der Waals surface area contributed by atoms with Gasteiger partial charge in [0.25, 0.3) is 5.91 Å². The van der Waals surface area contributed by atoms with E-state index in [0.29, 0.717) is 0 Å². The van der Waals surface area contributed by atoms with Gasteiger partial charge in [-0.25, -0.2) is 0 Å². The maximum atomic E-state index is 10.6. The summed E-state index contributed by atoms with van der Waals surface area (Å²) in [5.74, 6) is -0.333. The van der Waals surface area contributed by atoms with Gasteiger partial charge in [0, 0.05) is 7.05 Å². The summed E-state index contributed by atoms with van der Waals surface area (Å²) in [4.78, 5) is 10.6. The topological polar surface area (TPSA) is 52.9 Å². The van der Waals surface area contributed by atoms with Crippen molar-refractivity contribution in [1.82, 2.24) is 5.32 Å². The van der Waals surface area contributed by atoms with E-state index in [4.69, 9.17) is 5.26 Å². The van der Waals surface area contributed by atoms with Gasteiger partial charge in [0.15, 0.2) is 0 Å². The van der Waals surface area contributed by atoms with E-state index < -0.39 is 0 Å². The van der Waals surface area contributed by atoms with E-state index >= 15 is 0 Å². The van der Waals surface area contributed by atoms with Crippen molar-refractivity contribution >= 4 is 5.91 Å². The molecule has 3 heteroatoms. The summed E-state index contributed by atoms with van der Waals surface area (Å²) in [6.07, 6.45) is 1.47. The fourth-order valence-corrected chi connectivity index (χ4v) is 0.381. The van der Waals surface area contributed by atoms with Gasteiger partial charge in [-0.3, -0.25) is 4.79 Å². The minimum absolute atomic E-state index is 0.150. The predicted octanol–water partition coefficient (Wildman–Crippen LogP) is 0.202. The molecule has 0 aliphatic heterocycles. The van der Waals surface area contributed by atoms with Crippen molar-refractivity contribution in [3.05, 3.63) is 11.6 Å². The van der Waals surface area contributed by atoms with Crippen molar-refractivity contribution in [2.45, 2.75) is 6.92 Å². The number of amides is 1. The van der Waals surface area contributed by atoms with Crippen LogP contribution >= 0.6 is 0 Å². The first-order chi connectivity index (χ1) is 4.26. The Balaban J connectivity index is 4.19. The van der Waals surface area contributed by atoms with Crippen LogP contribution in [0.4, 0.5) is 0 Å². The van der Waals surface area contributed by atoms with Crippen LogP contribution in [-0.2, 0) is 4.79 Å². The fourth-order valence-electron chi connectivity index (χ4n) is 0.381. The molecule has 0 aliphatic carbocycles. The zero-order chi connectivity index (χ0) is 7.28. The standard InChI is InChI=1S/C6H8N2O/c1-3-5(4-7)6(9)8-2/h3H,1-2H3,(H,8,9)/b5-3+. The van der Waals surface area contributed by atoms with E-state index in [1.807, 2.05) is 0 Å². The Morgan fingerprint density at radius 2 is 2.33 bits per heavy atom. The highest BCUT2D eigenvalue weighted by Gasteiger charge is 2.01. The lowest BCUT2D eigenvalue weighted by Crippen LogP contribution is -2.18. The molecule has 48 valence electrons. The smallest absolute Gasteiger partial charge is 0.261 e. The molecule has 0 bridgehead atoms. The molecule has 0 unspecified atom stereocenters. The molecule has 0 fully saturated rings. The molecule has 1 amide bonds. The van der Waals surface area contributed by atoms with Gasteiger partial charge in [-0.1, -0.05) is 6.08 Å². The average molecular weight is 124 g/mol. The van der Waals surface area contributed by atoms with Gasteiger partial charge >= 0.3 is 0 Å². The predicted molar refractivity (Wildman–Crippen MR) is 33.4 cm³/mol. The minimum atomic E-state index is -0.333. The minimum Gasteiger partial charge on any atom is -0.355 e. The molecule has 0 aliphatic rings. The Hall–Kier alpha value is -1.30. The Morgan fingerprint density at radius 1 is 1.78 bits per heavy atom. The van der Waals surface area contributed by atoms with Crippen LogP contribution in [0.3, 0.4) is 0 Å². The summed E-state index contributed by atoms with van der Waals surface area (Å²) in [7, 11) is 1.49. The number of nitrogens with one attached hydrogen (secondary N) is 1. The maximum absolute atomic E-state index is 10.6. The van der Waals surface area contributed by atoms with Crippen LogP contribution in [0.15, 0.2) is 11.6 Å². The van der Waals surface area contributed by atoms with Gasteiger partial charge in [0.2, 0.25) is 0 Å². The molecule has 0 spiro atoms. The van der Waals surface area contributed by atoms with Crippen molar-refractivity contribution in [3.63, 3.8) is 0 Å². The van der Waals surface area contributed by atoms with Crippen molar-refractivity contribution < 1.29 is 4.79 Å². The van der Waals surface area contributed by atoms with E-state index in [1.54, 1.807) is 13.0 Å². The number of rotatable bonds is 1. The molecule has 3 nitrogen and oxygen atoms in total. The molecule has 0 heterocycles. The van der Waals surface area contributed by atoms with Gasteiger partial charge in [-0.15, -0.1) is 0 Å². The lowest BCUT2D eigenvalue weighted by molar-refractivity contribution is -0.116. The molecule has 0 rings (SSSR count). The Bertz CT molecular complexity index is 176. The third kappa shape index (κ3) is 1.96. The second-order valence-electron chi connectivity index (χ2n) is 1.39. The highest BCUT2D eigenvalue weighted by molar-refractivity contribution is 5.96. The Kier molecular flexibility index (Phi) is 3.14. The van der Waals surface area contributed by atoms with Gasteiger partial charge in [-0.05, 0) is 6.92 Å². The first kappa shape index (κ1) is 7.70. The van der Waals surface area contributed by atoms with E-state index in [0.717, 1.165) is 0 Å². The fraction of sp³-hybridized carbons (Fsp3) is 0.333. The van der Waals surface area contributed by atoms with Crippen molar-refractivity contribution in [3.8, 4) is 6.07 Å². The first-order valence-electron chi connectivity index (χ1n) is 2.54. The van der Waals surface area contributed by atoms with Crippen molar-refractivity contribution in [2.24, 2.45) is 0 Å². The normalized spacial score (nSPS) is 10.1. The first-order valence-corrected chi connectivity index (χ1v) is 2.54. The summed E-state index contributed by atoms with van der Waals surface area (Å²) >= 11 is 0. The summed E-state index contributed by atoms with van der Waals surface area (Å²) < 4.78 is 0. The molecule has 0 saturated heterocycles. The van der Waals surface area contributed by atoms with Crippen LogP contribution in [0.1, 0.15) is 6.92 Å². The molecule has 0 atom stereocenters. The van der Waals surface area contributed by atoms with Gasteiger partial charge in [0.05, 0.1) is 0 Å². The SMILES string of the molecule is C/C=C(\C#N)C(=O)NC. The summed E-state index contributed by atoms with van der Waals surface area (Å²) in [5, 5.41) is 10.6. The third-order valence-electron chi connectivity index (χ3n) is 0.881. The second-order valence-corrected chi connectivity index (χ2v) is 1.39. The number of carbonyl (C=O) groups is 1. The van der Waals surface area contributed by atoms with Crippen molar-refractivity contribution in [2.75, 3.05) is 7.05 Å². The molecule has 0 aromatic rings. The van der Waals surface area contributed by atoms with Gasteiger partial charge in [0.1, 0.15) is 11.6 Å². The number of likely N-dealkylation sites (N-methyl/N-ethyl adjacent to an activating group) is 1. The zero-order valence-corrected chi connectivity index (χ0v) is 5.43. The highest BCUT2D eigenvalue weighted by atomic mass is 16.1. The molecular formula is C6H8N2O. The Morgan fingerprint density at radius 3 is 2.44 bits per heavy atom. The summed E-state index contributed by atoms with van der Waals surface area (Å²) in [6.45, 7) is 1.65. The van der Waals surface area contributed by atoms with Gasteiger partial charge in [-0.2, -0.15) is 5.26 Å². The van der Waals surface area contributed by atoms with Crippen LogP contribution < -0.4 is 5.32 Å². The number of carbonyl (C=O) groups excluding carboxylic acids is 1. The van der Waals surface area contributed by atoms with Crippen LogP contribution in [0.2, 0.25) is 0 Å². The van der Waals surface area contributed by atoms with Crippen LogP contribution in [0.5, 0.6) is 0 Å². The highest BCUT2D eigenvalue weighted by Crippen LogP contribution is 1.88. The number of nitrogens with zero attached hydrogens (tertiary/aromatic N) is 1. The molecule has 0 aromatic carbocycles. The summed E-state index contributed by atoms with van der Waals surface area (Å²) in [5.41, 5.74) is 0.150. The molecule has 0 aromatic heterocycles. The number of allylic oxidation sites excluding steroid dienone is 1. The molecule has 0 saturated carbocycles. The summed E-state index contributed by atoms with van der Waals surface area (Å²) in [6, 6.07) is 1.75. The van der Waals surface area contributed by atoms with E-state index in [1.165, 1.54) is 13.1 Å². The van der Waals surface area contributed by atoms with Gasteiger partial charge < -0.3 is 5.32 Å². The van der Waals surface area contributed by atoms with Crippen molar-refractivity contribution in [1.29, 1.82) is 5.26 Å². The monoisotopic (exact) mass is 124 g/mol. The van der Waals surface area contributed by atoms with E-state index in [-0.39, 0.29) is 11.5 Å².